The molecule has 0 aliphatic heterocycles. The third kappa shape index (κ3) is 5.18. The van der Waals surface area contributed by atoms with E-state index < -0.39 is 5.97 Å². The molecule has 1 atom stereocenters. The minimum Gasteiger partial charge on any atom is -0.493 e. The van der Waals surface area contributed by atoms with Gasteiger partial charge in [-0.05, 0) is 36.4 Å². The Morgan fingerprint density at radius 1 is 1.00 bits per heavy atom. The molecule has 2 rings (SSSR count). The Bertz CT molecular complexity index is 563. The second-order valence-electron chi connectivity index (χ2n) is 4.90. The lowest BCUT2D eigenvalue weighted by Gasteiger charge is -2.11. The van der Waals surface area contributed by atoms with Crippen molar-refractivity contribution in [2.24, 2.45) is 5.92 Å². The summed E-state index contributed by atoms with van der Waals surface area (Å²) in [5.74, 6) is 1.38. The molecule has 0 amide bonds. The van der Waals surface area contributed by atoms with Crippen molar-refractivity contribution in [1.29, 1.82) is 0 Å². The molecule has 0 bridgehead atoms. The Morgan fingerprint density at radius 3 is 2.19 bits per heavy atom. The molecule has 0 aromatic heterocycles. The molecule has 2 aromatic rings. The van der Waals surface area contributed by atoms with E-state index in [1.807, 2.05) is 61.5 Å². The minimum absolute atomic E-state index is 0.0252. The van der Waals surface area contributed by atoms with Crippen LogP contribution in [0.1, 0.15) is 13.3 Å². The van der Waals surface area contributed by atoms with Crippen LogP contribution in [0.25, 0.3) is 0 Å². The highest BCUT2D eigenvalue weighted by molar-refractivity contribution is 5.66. The summed E-state index contributed by atoms with van der Waals surface area (Å²) in [4.78, 5) is 10.6. The van der Waals surface area contributed by atoms with Gasteiger partial charge in [0.15, 0.2) is 0 Å². The molecule has 0 saturated carbocycles. The zero-order chi connectivity index (χ0) is 15.1. The zero-order valence-corrected chi connectivity index (χ0v) is 11.9. The third-order valence-corrected chi connectivity index (χ3v) is 2.86. The van der Waals surface area contributed by atoms with Gasteiger partial charge in [-0.1, -0.05) is 25.1 Å². The number of carbonyl (C=O) groups is 1. The summed E-state index contributed by atoms with van der Waals surface area (Å²) in [6, 6.07) is 16.8. The number of hydrogen-bond donors (Lipinski definition) is 1. The first-order valence-corrected chi connectivity index (χ1v) is 6.81. The first-order chi connectivity index (χ1) is 10.1. The highest BCUT2D eigenvalue weighted by Gasteiger charge is 2.08. The molecule has 0 aliphatic rings. The third-order valence-electron chi connectivity index (χ3n) is 2.86. The highest BCUT2D eigenvalue weighted by atomic mass is 16.5. The molecular formula is C17H18O4. The molecule has 0 unspecified atom stereocenters. The Morgan fingerprint density at radius 2 is 1.57 bits per heavy atom. The maximum Gasteiger partial charge on any atom is 0.303 e. The Balaban J connectivity index is 1.86. The van der Waals surface area contributed by atoms with E-state index in [0.29, 0.717) is 12.4 Å². The van der Waals surface area contributed by atoms with Crippen LogP contribution < -0.4 is 9.47 Å². The summed E-state index contributed by atoms with van der Waals surface area (Å²) in [6.07, 6.45) is 0.106. The van der Waals surface area contributed by atoms with Gasteiger partial charge in [-0.3, -0.25) is 4.79 Å². The van der Waals surface area contributed by atoms with Crippen molar-refractivity contribution in [3.05, 3.63) is 54.6 Å². The number of rotatable bonds is 7. The monoisotopic (exact) mass is 286 g/mol. The Hall–Kier alpha value is -2.49. The van der Waals surface area contributed by atoms with Crippen LogP contribution in [0.5, 0.6) is 17.2 Å². The number of carboxylic acid groups (broad SMARTS) is 1. The van der Waals surface area contributed by atoms with Gasteiger partial charge >= 0.3 is 5.97 Å². The van der Waals surface area contributed by atoms with Crippen LogP contribution in [0.4, 0.5) is 0 Å². The topological polar surface area (TPSA) is 55.8 Å². The van der Waals surface area contributed by atoms with Crippen molar-refractivity contribution in [3.63, 3.8) is 0 Å². The van der Waals surface area contributed by atoms with E-state index in [2.05, 4.69) is 0 Å². The molecule has 1 N–H and O–H groups in total. The fraction of sp³-hybridized carbons (Fsp3) is 0.235. The maximum atomic E-state index is 10.6. The van der Waals surface area contributed by atoms with E-state index in [9.17, 15) is 4.79 Å². The van der Waals surface area contributed by atoms with Gasteiger partial charge in [0.2, 0.25) is 0 Å². The molecule has 4 nitrogen and oxygen atoms in total. The van der Waals surface area contributed by atoms with E-state index >= 15 is 0 Å². The van der Waals surface area contributed by atoms with E-state index in [0.717, 1.165) is 11.5 Å². The fourth-order valence-corrected chi connectivity index (χ4v) is 1.82. The van der Waals surface area contributed by atoms with Gasteiger partial charge in [0.05, 0.1) is 13.0 Å². The number of para-hydroxylation sites is 1. The summed E-state index contributed by atoms with van der Waals surface area (Å²) in [6.45, 7) is 2.23. The van der Waals surface area contributed by atoms with E-state index in [-0.39, 0.29) is 12.3 Å². The van der Waals surface area contributed by atoms with Crippen LogP contribution in [0, 0.1) is 5.92 Å². The van der Waals surface area contributed by atoms with Gasteiger partial charge in [0.25, 0.3) is 0 Å². The molecule has 0 saturated heterocycles. The lowest BCUT2D eigenvalue weighted by molar-refractivity contribution is -0.138. The van der Waals surface area contributed by atoms with Gasteiger partial charge in [-0.25, -0.2) is 0 Å². The van der Waals surface area contributed by atoms with E-state index in [1.165, 1.54) is 0 Å². The molecule has 4 heteroatoms. The van der Waals surface area contributed by atoms with E-state index in [1.54, 1.807) is 0 Å². The van der Waals surface area contributed by atoms with Gasteiger partial charge in [-0.2, -0.15) is 0 Å². The van der Waals surface area contributed by atoms with Crippen molar-refractivity contribution < 1.29 is 19.4 Å². The van der Waals surface area contributed by atoms with Crippen molar-refractivity contribution in [1.82, 2.24) is 0 Å². The highest BCUT2D eigenvalue weighted by Crippen LogP contribution is 2.23. The van der Waals surface area contributed by atoms with Crippen LogP contribution in [-0.4, -0.2) is 17.7 Å². The smallest absolute Gasteiger partial charge is 0.303 e. The largest absolute Gasteiger partial charge is 0.493 e. The predicted octanol–water partition coefficient (Wildman–Crippen LogP) is 3.97. The Labute approximate surface area is 123 Å². The second-order valence-corrected chi connectivity index (χ2v) is 4.90. The zero-order valence-electron chi connectivity index (χ0n) is 11.9. The van der Waals surface area contributed by atoms with Crippen LogP contribution >= 0.6 is 0 Å². The summed E-state index contributed by atoms with van der Waals surface area (Å²) in [7, 11) is 0. The second kappa shape index (κ2) is 7.33. The molecule has 21 heavy (non-hydrogen) atoms. The molecular weight excluding hydrogens is 268 g/mol. The number of carboxylic acids is 1. The molecule has 0 aliphatic carbocycles. The van der Waals surface area contributed by atoms with Gasteiger partial charge in [0, 0.05) is 5.92 Å². The summed E-state index contributed by atoms with van der Waals surface area (Å²) in [5, 5.41) is 8.69. The number of ether oxygens (including phenoxy) is 2. The first kappa shape index (κ1) is 14.9. The lowest BCUT2D eigenvalue weighted by Crippen LogP contribution is -2.12. The molecule has 2 aromatic carbocycles. The number of hydrogen-bond acceptors (Lipinski definition) is 3. The molecule has 0 spiro atoms. The first-order valence-electron chi connectivity index (χ1n) is 6.81. The molecule has 0 heterocycles. The van der Waals surface area contributed by atoms with Gasteiger partial charge in [0.1, 0.15) is 17.2 Å². The van der Waals surface area contributed by atoms with Crippen LogP contribution in [0.3, 0.4) is 0 Å². The normalized spacial score (nSPS) is 11.7. The van der Waals surface area contributed by atoms with Crippen LogP contribution in [-0.2, 0) is 4.79 Å². The summed E-state index contributed by atoms with van der Waals surface area (Å²) in [5.41, 5.74) is 0. The van der Waals surface area contributed by atoms with Crippen molar-refractivity contribution in [2.45, 2.75) is 13.3 Å². The number of aliphatic carboxylic acids is 1. The predicted molar refractivity (Wildman–Crippen MR) is 79.9 cm³/mol. The summed E-state index contributed by atoms with van der Waals surface area (Å²) < 4.78 is 11.2. The lowest BCUT2D eigenvalue weighted by atomic mass is 10.1. The van der Waals surface area contributed by atoms with Crippen molar-refractivity contribution in [2.75, 3.05) is 6.61 Å². The van der Waals surface area contributed by atoms with Crippen LogP contribution in [0.15, 0.2) is 54.6 Å². The quantitative estimate of drug-likeness (QED) is 0.836. The minimum atomic E-state index is -0.808. The standard InChI is InChI=1S/C17H18O4/c1-13(11-17(18)19)12-20-14-7-9-16(10-8-14)21-15-5-3-2-4-6-15/h2-10,13H,11-12H2,1H3,(H,18,19)/t13-/m0/s1. The molecule has 0 fully saturated rings. The SMILES string of the molecule is C[C@H](COc1ccc(Oc2ccccc2)cc1)CC(=O)O. The summed E-state index contributed by atoms with van der Waals surface area (Å²) >= 11 is 0. The maximum absolute atomic E-state index is 10.6. The molecule has 0 radical (unpaired) electrons. The molecule has 110 valence electrons. The van der Waals surface area contributed by atoms with Crippen LogP contribution in [0.2, 0.25) is 0 Å². The van der Waals surface area contributed by atoms with Crippen molar-refractivity contribution in [3.8, 4) is 17.2 Å². The average Bonchev–Trinajstić information content (AvgIpc) is 2.47. The van der Waals surface area contributed by atoms with Gasteiger partial charge < -0.3 is 14.6 Å². The van der Waals surface area contributed by atoms with Gasteiger partial charge in [-0.15, -0.1) is 0 Å². The van der Waals surface area contributed by atoms with E-state index in [4.69, 9.17) is 14.6 Å². The van der Waals surface area contributed by atoms with Crippen molar-refractivity contribution >= 4 is 5.97 Å². The Kier molecular flexibility index (Phi) is 5.21. The number of benzene rings is 2. The average molecular weight is 286 g/mol. The fourth-order valence-electron chi connectivity index (χ4n) is 1.82.